The molecule has 1 saturated heterocycles. The molecule has 28 heavy (non-hydrogen) atoms. The molecule has 2 N–H and O–H groups in total. The Hall–Kier alpha value is -2.41. The SMILES string of the molecule is O=C(O)OCCCCCN1C(=O)CCCC1C=CC(O)Cc1ccc(F)cc1. The van der Waals surface area contributed by atoms with E-state index in [4.69, 9.17) is 5.11 Å². The van der Waals surface area contributed by atoms with Gasteiger partial charge < -0.3 is 19.8 Å². The second-order valence-electron chi connectivity index (χ2n) is 7.00. The molecule has 1 aliphatic rings. The maximum absolute atomic E-state index is 13.0. The van der Waals surface area contributed by atoms with Gasteiger partial charge in [0.25, 0.3) is 0 Å². The Morgan fingerprint density at radius 1 is 1.29 bits per heavy atom. The number of halogens is 1. The van der Waals surface area contributed by atoms with Crippen molar-refractivity contribution in [3.63, 3.8) is 0 Å². The molecule has 7 heteroatoms. The maximum Gasteiger partial charge on any atom is 0.505 e. The summed E-state index contributed by atoms with van der Waals surface area (Å²) in [6.07, 6.45) is 6.42. The van der Waals surface area contributed by atoms with Gasteiger partial charge in [0.05, 0.1) is 18.8 Å². The molecule has 0 bridgehead atoms. The van der Waals surface area contributed by atoms with E-state index in [0.717, 1.165) is 31.2 Å². The van der Waals surface area contributed by atoms with Crippen LogP contribution in [-0.2, 0) is 16.0 Å². The van der Waals surface area contributed by atoms with E-state index in [1.165, 1.54) is 12.1 Å². The molecule has 1 aliphatic heterocycles. The van der Waals surface area contributed by atoms with Crippen LogP contribution in [0.4, 0.5) is 9.18 Å². The number of hydrogen-bond acceptors (Lipinski definition) is 4. The van der Waals surface area contributed by atoms with Crippen molar-refractivity contribution in [1.29, 1.82) is 0 Å². The highest BCUT2D eigenvalue weighted by atomic mass is 19.1. The van der Waals surface area contributed by atoms with Gasteiger partial charge in [-0.25, -0.2) is 9.18 Å². The van der Waals surface area contributed by atoms with Crippen LogP contribution in [0.25, 0.3) is 0 Å². The van der Waals surface area contributed by atoms with Gasteiger partial charge in [-0.2, -0.15) is 0 Å². The van der Waals surface area contributed by atoms with Crippen molar-refractivity contribution in [3.8, 4) is 0 Å². The number of rotatable bonds is 10. The number of carbonyl (C=O) groups is 2. The summed E-state index contributed by atoms with van der Waals surface area (Å²) in [5, 5.41) is 18.7. The molecule has 1 aromatic carbocycles. The number of carbonyl (C=O) groups excluding carboxylic acids is 1. The van der Waals surface area contributed by atoms with Gasteiger partial charge in [0.15, 0.2) is 0 Å². The Balaban J connectivity index is 1.81. The van der Waals surface area contributed by atoms with Crippen LogP contribution in [0.5, 0.6) is 0 Å². The monoisotopic (exact) mass is 393 g/mol. The first-order chi connectivity index (χ1) is 13.5. The minimum absolute atomic E-state index is 0.0422. The van der Waals surface area contributed by atoms with Gasteiger partial charge in [-0.3, -0.25) is 4.79 Å². The minimum atomic E-state index is -1.27. The lowest BCUT2D eigenvalue weighted by Gasteiger charge is -2.34. The Morgan fingerprint density at radius 2 is 2.04 bits per heavy atom. The van der Waals surface area contributed by atoms with Crippen LogP contribution >= 0.6 is 0 Å². The van der Waals surface area contributed by atoms with Gasteiger partial charge in [-0.1, -0.05) is 24.3 Å². The maximum atomic E-state index is 13.0. The summed E-state index contributed by atoms with van der Waals surface area (Å²) in [6, 6.07) is 6.00. The van der Waals surface area contributed by atoms with Crippen LogP contribution in [0, 0.1) is 5.82 Å². The molecule has 1 amide bonds. The number of likely N-dealkylation sites (tertiary alicyclic amines) is 1. The van der Waals surface area contributed by atoms with Gasteiger partial charge in [0.1, 0.15) is 5.82 Å². The van der Waals surface area contributed by atoms with E-state index in [0.29, 0.717) is 25.8 Å². The molecular weight excluding hydrogens is 365 g/mol. The smallest absolute Gasteiger partial charge is 0.450 e. The zero-order chi connectivity index (χ0) is 20.4. The molecule has 0 aliphatic carbocycles. The lowest BCUT2D eigenvalue weighted by atomic mass is 9.99. The highest BCUT2D eigenvalue weighted by Gasteiger charge is 2.25. The predicted octanol–water partition coefficient (Wildman–Crippen LogP) is 3.53. The highest BCUT2D eigenvalue weighted by molar-refractivity contribution is 5.77. The predicted molar refractivity (Wildman–Crippen MR) is 102 cm³/mol. The van der Waals surface area contributed by atoms with E-state index in [1.807, 2.05) is 11.0 Å². The van der Waals surface area contributed by atoms with Crippen LogP contribution in [0.2, 0.25) is 0 Å². The number of carboxylic acid groups (broad SMARTS) is 1. The van der Waals surface area contributed by atoms with Crippen molar-refractivity contribution >= 4 is 12.1 Å². The standard InChI is InChI=1S/C21H28FNO5/c22-17-9-7-16(8-10-17)15-19(24)12-11-18-5-4-6-20(25)23(18)13-2-1-3-14-28-21(26)27/h7-12,18-19,24H,1-6,13-15H2,(H,26,27). The number of aliphatic hydroxyl groups excluding tert-OH is 1. The molecule has 0 aromatic heterocycles. The molecule has 2 unspecified atom stereocenters. The average Bonchev–Trinajstić information content (AvgIpc) is 2.66. The molecule has 0 saturated carbocycles. The number of aliphatic hydroxyl groups is 1. The molecule has 1 fully saturated rings. The fourth-order valence-electron chi connectivity index (χ4n) is 3.34. The van der Waals surface area contributed by atoms with E-state index in [1.54, 1.807) is 18.2 Å². The van der Waals surface area contributed by atoms with Crippen molar-refractivity contribution < 1.29 is 28.9 Å². The van der Waals surface area contributed by atoms with E-state index in [2.05, 4.69) is 4.74 Å². The molecule has 1 heterocycles. The van der Waals surface area contributed by atoms with Crippen molar-refractivity contribution in [2.45, 2.75) is 57.1 Å². The van der Waals surface area contributed by atoms with Gasteiger partial charge in [-0.15, -0.1) is 0 Å². The minimum Gasteiger partial charge on any atom is -0.450 e. The summed E-state index contributed by atoms with van der Waals surface area (Å²) < 4.78 is 17.4. The molecule has 2 atom stereocenters. The zero-order valence-corrected chi connectivity index (χ0v) is 15.9. The summed E-state index contributed by atoms with van der Waals surface area (Å²) >= 11 is 0. The lowest BCUT2D eigenvalue weighted by Crippen LogP contribution is -2.43. The van der Waals surface area contributed by atoms with E-state index < -0.39 is 12.3 Å². The van der Waals surface area contributed by atoms with Gasteiger partial charge in [-0.05, 0) is 49.8 Å². The Labute approximate surface area is 164 Å². The molecule has 0 spiro atoms. The third kappa shape index (κ3) is 7.68. The summed E-state index contributed by atoms with van der Waals surface area (Å²) in [5.74, 6) is -0.199. The molecular formula is C21H28FNO5. The quantitative estimate of drug-likeness (QED) is 0.361. The molecule has 154 valence electrons. The number of piperidine rings is 1. The van der Waals surface area contributed by atoms with Crippen molar-refractivity contribution in [2.75, 3.05) is 13.2 Å². The summed E-state index contributed by atoms with van der Waals surface area (Å²) in [7, 11) is 0. The molecule has 2 rings (SSSR count). The number of ether oxygens (including phenoxy) is 1. The Bertz CT molecular complexity index is 661. The van der Waals surface area contributed by atoms with Crippen LogP contribution in [0.1, 0.15) is 44.1 Å². The van der Waals surface area contributed by atoms with Crippen LogP contribution in [-0.4, -0.2) is 52.5 Å². The van der Waals surface area contributed by atoms with Crippen LogP contribution < -0.4 is 0 Å². The first kappa shape index (κ1) is 21.9. The number of amides is 1. The lowest BCUT2D eigenvalue weighted by molar-refractivity contribution is -0.135. The Morgan fingerprint density at radius 3 is 2.75 bits per heavy atom. The summed E-state index contributed by atoms with van der Waals surface area (Å²) in [5.41, 5.74) is 0.846. The first-order valence-corrected chi connectivity index (χ1v) is 9.71. The second kappa shape index (κ2) is 11.4. The number of unbranched alkanes of at least 4 members (excludes halogenated alkanes) is 2. The largest absolute Gasteiger partial charge is 0.505 e. The summed E-state index contributed by atoms with van der Waals surface area (Å²) in [6.45, 7) is 0.775. The fraction of sp³-hybridized carbons (Fsp3) is 0.524. The Kier molecular flexibility index (Phi) is 8.94. The number of benzene rings is 1. The van der Waals surface area contributed by atoms with Crippen molar-refractivity contribution in [3.05, 3.63) is 47.8 Å². The van der Waals surface area contributed by atoms with Gasteiger partial charge in [0.2, 0.25) is 5.91 Å². The topological polar surface area (TPSA) is 87.1 Å². The highest BCUT2D eigenvalue weighted by Crippen LogP contribution is 2.20. The average molecular weight is 393 g/mol. The normalized spacial score (nSPS) is 18.4. The number of nitrogens with zero attached hydrogens (tertiary/aromatic N) is 1. The van der Waals surface area contributed by atoms with Crippen molar-refractivity contribution in [1.82, 2.24) is 4.90 Å². The third-order valence-electron chi connectivity index (χ3n) is 4.79. The van der Waals surface area contributed by atoms with Crippen molar-refractivity contribution in [2.24, 2.45) is 0 Å². The van der Waals surface area contributed by atoms with E-state index >= 15 is 0 Å². The van der Waals surface area contributed by atoms with Crippen LogP contribution in [0.3, 0.4) is 0 Å². The molecule has 0 radical (unpaired) electrons. The summed E-state index contributed by atoms with van der Waals surface area (Å²) in [4.78, 5) is 24.4. The van der Waals surface area contributed by atoms with E-state index in [-0.39, 0.29) is 24.4 Å². The van der Waals surface area contributed by atoms with E-state index in [9.17, 15) is 19.1 Å². The first-order valence-electron chi connectivity index (χ1n) is 9.71. The van der Waals surface area contributed by atoms with Crippen LogP contribution in [0.15, 0.2) is 36.4 Å². The zero-order valence-electron chi connectivity index (χ0n) is 15.9. The second-order valence-corrected chi connectivity index (χ2v) is 7.00. The molecule has 1 aromatic rings. The van der Waals surface area contributed by atoms with Gasteiger partial charge in [0, 0.05) is 19.4 Å². The number of hydrogen-bond donors (Lipinski definition) is 2. The third-order valence-corrected chi connectivity index (χ3v) is 4.79. The van der Waals surface area contributed by atoms with Gasteiger partial charge >= 0.3 is 6.16 Å². The fourth-order valence-corrected chi connectivity index (χ4v) is 3.34. The molecule has 6 nitrogen and oxygen atoms in total.